The molecule has 0 fully saturated rings. The van der Waals surface area contributed by atoms with Gasteiger partial charge in [0, 0.05) is 36.3 Å². The Bertz CT molecular complexity index is 1080. The molecular weight excluding hydrogens is 676 g/mol. The molecule has 0 saturated heterocycles. The van der Waals surface area contributed by atoms with Crippen molar-refractivity contribution >= 4 is 0 Å². The van der Waals surface area contributed by atoms with Crippen molar-refractivity contribution in [3.05, 3.63) is 108 Å². The van der Waals surface area contributed by atoms with E-state index < -0.39 is 23.3 Å². The van der Waals surface area contributed by atoms with Gasteiger partial charge in [0.05, 0.1) is 64.5 Å². The summed E-state index contributed by atoms with van der Waals surface area (Å²) in [6.07, 6.45) is 24.3. The second-order valence-corrected chi connectivity index (χ2v) is 9.83. The Labute approximate surface area is 305 Å². The number of allylic oxidation sites excluding steroid dienone is 8. The predicted octanol–water partition coefficient (Wildman–Crippen LogP) is 8.56. The summed E-state index contributed by atoms with van der Waals surface area (Å²) in [4.78, 5) is 0. The topological polar surface area (TPSA) is 55.4 Å². The summed E-state index contributed by atoms with van der Waals surface area (Å²) in [5, 5.41) is 0. The molecule has 11 heteroatoms. The molecule has 0 heterocycles. The van der Waals surface area contributed by atoms with Crippen molar-refractivity contribution in [1.29, 1.82) is 0 Å². The molecule has 0 bridgehead atoms. The number of rotatable bonds is 20. The summed E-state index contributed by atoms with van der Waals surface area (Å²) in [6.45, 7) is 8.78. The quantitative estimate of drug-likeness (QED) is 0.0591. The van der Waals surface area contributed by atoms with Crippen LogP contribution in [0.15, 0.2) is 60.7 Å². The summed E-state index contributed by atoms with van der Waals surface area (Å²) >= 11 is 0. The first-order chi connectivity index (χ1) is 23.5. The first-order valence-corrected chi connectivity index (χ1v) is 16.2. The van der Waals surface area contributed by atoms with Crippen LogP contribution < -0.4 is 9.47 Å². The van der Waals surface area contributed by atoms with Crippen molar-refractivity contribution in [2.45, 2.75) is 52.4 Å². The van der Waals surface area contributed by atoms with Crippen LogP contribution in [0.5, 0.6) is 11.5 Å². The molecule has 2 aliphatic rings. The zero-order chi connectivity index (χ0) is 34.9. The molecule has 4 rings (SSSR count). The number of hydrogen-bond donors (Lipinski definition) is 0. The van der Waals surface area contributed by atoms with Crippen LogP contribution in [0.3, 0.4) is 0 Å². The van der Waals surface area contributed by atoms with Gasteiger partial charge in [-0.15, -0.1) is 49.2 Å². The Balaban J connectivity index is 0.000000717. The van der Waals surface area contributed by atoms with Crippen LogP contribution in [0, 0.1) is 47.6 Å². The van der Waals surface area contributed by atoms with E-state index in [2.05, 4.69) is 38.2 Å². The zero-order valence-electron chi connectivity index (χ0n) is 28.5. The van der Waals surface area contributed by atoms with Gasteiger partial charge in [-0.3, -0.25) is 12.2 Å². The third-order valence-electron chi connectivity index (χ3n) is 5.82. The van der Waals surface area contributed by atoms with Crippen molar-refractivity contribution < 1.29 is 67.7 Å². The second kappa shape index (κ2) is 33.8. The monoisotopic (exact) mass is 724 g/mol. The van der Waals surface area contributed by atoms with E-state index in [1.165, 1.54) is 12.1 Å². The third kappa shape index (κ3) is 27.8. The maximum absolute atomic E-state index is 13.1. The second-order valence-electron chi connectivity index (χ2n) is 9.83. The Morgan fingerprint density at radius 3 is 1.18 bits per heavy atom. The van der Waals surface area contributed by atoms with Gasteiger partial charge in [-0.1, -0.05) is 26.7 Å². The van der Waals surface area contributed by atoms with Crippen LogP contribution in [0.4, 0.5) is 17.6 Å². The van der Waals surface area contributed by atoms with Crippen LogP contribution in [-0.2, 0) is 40.7 Å². The Kier molecular flexibility index (Phi) is 31.9. The SMILES string of the molecule is CCCCOCCOCCOc1ccc(F)[c-]c1F.CCCCOCCOCCOc1ccc(F)[c-]c1F.[C-]1=CC=CC1.[C-]1=CC=CC1.[Ti+4]. The van der Waals surface area contributed by atoms with Crippen LogP contribution in [0.1, 0.15) is 52.4 Å². The molecule has 0 aromatic heterocycles. The maximum atomic E-state index is 13.1. The first-order valence-electron chi connectivity index (χ1n) is 16.2. The maximum Gasteiger partial charge on any atom is 4.00 e. The number of benzene rings is 2. The summed E-state index contributed by atoms with van der Waals surface area (Å²) in [6, 6.07) is 8.46. The standard InChI is InChI=1S/2C14H19F2O3.2C5H5.Ti/c2*1-2-3-6-17-7-8-18-9-10-19-14-5-4-12(15)11-13(14)16;2*1-2-4-5-3-1;/h2*4-5H,2-3,6-10H2,1H3;2*1-3H,4H2;/q4*-1;+4. The van der Waals surface area contributed by atoms with Crippen molar-refractivity contribution in [2.75, 3.05) is 66.1 Å². The summed E-state index contributed by atoms with van der Waals surface area (Å²) in [5.74, 6) is -3.20. The Morgan fingerprint density at radius 2 is 0.898 bits per heavy atom. The van der Waals surface area contributed by atoms with Crippen molar-refractivity contribution in [3.8, 4) is 11.5 Å². The van der Waals surface area contributed by atoms with Gasteiger partial charge in [-0.05, 0) is 12.8 Å². The molecule has 0 aliphatic heterocycles. The average molecular weight is 725 g/mol. The molecule has 0 unspecified atom stereocenters. The van der Waals surface area contributed by atoms with Crippen molar-refractivity contribution in [2.24, 2.45) is 0 Å². The summed E-state index contributed by atoms with van der Waals surface area (Å²) in [5.41, 5.74) is 0. The van der Waals surface area contributed by atoms with Gasteiger partial charge in [-0.2, -0.15) is 12.2 Å². The molecule has 0 saturated carbocycles. The molecule has 2 aliphatic carbocycles. The van der Waals surface area contributed by atoms with Gasteiger partial charge in [0.2, 0.25) is 0 Å². The predicted molar refractivity (Wildman–Crippen MR) is 178 cm³/mol. The van der Waals surface area contributed by atoms with Crippen LogP contribution in [0.2, 0.25) is 0 Å². The summed E-state index contributed by atoms with van der Waals surface area (Å²) in [7, 11) is 0. The van der Waals surface area contributed by atoms with Gasteiger partial charge in [-0.25, -0.2) is 41.9 Å². The molecule has 0 radical (unpaired) electrons. The van der Waals surface area contributed by atoms with Crippen molar-refractivity contribution in [3.63, 3.8) is 0 Å². The molecule has 0 amide bonds. The molecule has 268 valence electrons. The third-order valence-corrected chi connectivity index (χ3v) is 5.82. The molecule has 6 nitrogen and oxygen atoms in total. The molecule has 49 heavy (non-hydrogen) atoms. The van der Waals surface area contributed by atoms with Gasteiger partial charge in [0.15, 0.2) is 0 Å². The van der Waals surface area contributed by atoms with E-state index in [-0.39, 0.29) is 46.4 Å². The molecule has 0 spiro atoms. The fourth-order valence-corrected chi connectivity index (χ4v) is 3.32. The molecule has 0 N–H and O–H groups in total. The minimum Gasteiger partial charge on any atom is -0.546 e. The van der Waals surface area contributed by atoms with E-state index in [0.717, 1.165) is 63.9 Å². The molecule has 2 aromatic carbocycles. The number of hydrogen-bond acceptors (Lipinski definition) is 6. The van der Waals surface area contributed by atoms with Crippen LogP contribution >= 0.6 is 0 Å². The van der Waals surface area contributed by atoms with Crippen LogP contribution in [0.25, 0.3) is 0 Å². The minimum atomic E-state index is -0.831. The molecule has 0 atom stereocenters. The molecular formula is C38H48F4O6Ti. The fraction of sp³-hybridized carbons (Fsp3) is 0.474. The van der Waals surface area contributed by atoms with E-state index in [1.807, 2.05) is 36.4 Å². The minimum absolute atomic E-state index is 0. The Morgan fingerprint density at radius 1 is 0.531 bits per heavy atom. The summed E-state index contributed by atoms with van der Waals surface area (Å²) < 4.78 is 82.7. The largest absolute Gasteiger partial charge is 4.00 e. The Hall–Kier alpha value is -2.73. The first kappa shape index (κ1) is 46.3. The van der Waals surface area contributed by atoms with Gasteiger partial charge >= 0.3 is 21.7 Å². The fourth-order valence-electron chi connectivity index (χ4n) is 3.32. The zero-order valence-corrected chi connectivity index (χ0v) is 30.1. The smallest absolute Gasteiger partial charge is 0.546 e. The van der Waals surface area contributed by atoms with E-state index in [0.29, 0.717) is 39.6 Å². The van der Waals surface area contributed by atoms with E-state index in [1.54, 1.807) is 0 Å². The molecule has 2 aromatic rings. The van der Waals surface area contributed by atoms with Gasteiger partial charge in [0.1, 0.15) is 0 Å². The van der Waals surface area contributed by atoms with Gasteiger partial charge < -0.3 is 28.4 Å². The number of halogens is 4. The van der Waals surface area contributed by atoms with E-state index in [4.69, 9.17) is 28.4 Å². The van der Waals surface area contributed by atoms with Crippen LogP contribution in [-0.4, -0.2) is 66.1 Å². The van der Waals surface area contributed by atoms with Crippen molar-refractivity contribution in [1.82, 2.24) is 0 Å². The van der Waals surface area contributed by atoms with Gasteiger partial charge in [0.25, 0.3) is 0 Å². The number of unbranched alkanes of at least 4 members (excludes halogenated alkanes) is 2. The average Bonchev–Trinajstić information content (AvgIpc) is 3.86. The number of ether oxygens (including phenoxy) is 6. The van der Waals surface area contributed by atoms with E-state index >= 15 is 0 Å². The van der Waals surface area contributed by atoms with E-state index in [9.17, 15) is 17.6 Å². The normalized spacial score (nSPS) is 11.9.